The summed E-state index contributed by atoms with van der Waals surface area (Å²) in [5.41, 5.74) is 1.26. The van der Waals surface area contributed by atoms with E-state index in [1.807, 2.05) is 50.2 Å². The molecule has 2 heterocycles. The number of benzene rings is 1. The van der Waals surface area contributed by atoms with Crippen molar-refractivity contribution in [1.29, 1.82) is 0 Å². The molecule has 1 aromatic carbocycles. The van der Waals surface area contributed by atoms with Crippen molar-refractivity contribution < 1.29 is 9.53 Å². The van der Waals surface area contributed by atoms with E-state index < -0.39 is 11.5 Å². The molecule has 0 saturated carbocycles. The van der Waals surface area contributed by atoms with Gasteiger partial charge in [0.15, 0.2) is 0 Å². The van der Waals surface area contributed by atoms with E-state index in [9.17, 15) is 9.59 Å². The number of amides is 1. The monoisotopic (exact) mass is 367 g/mol. The molecule has 0 aliphatic carbocycles. The largest absolute Gasteiger partial charge is 0.486 e. The lowest BCUT2D eigenvalue weighted by molar-refractivity contribution is 0.0937. The minimum atomic E-state index is -0.503. The van der Waals surface area contributed by atoms with Crippen molar-refractivity contribution in [3.8, 4) is 5.75 Å². The Morgan fingerprint density at radius 1 is 1.30 bits per heavy atom. The van der Waals surface area contributed by atoms with Gasteiger partial charge in [-0.3, -0.25) is 14.7 Å². The van der Waals surface area contributed by atoms with Crippen molar-refractivity contribution in [3.05, 3.63) is 75.7 Å². The molecule has 3 N–H and O–H groups in total. The van der Waals surface area contributed by atoms with Gasteiger partial charge in [0.2, 0.25) is 0 Å². The first kappa shape index (κ1) is 18.4. The van der Waals surface area contributed by atoms with Gasteiger partial charge in [-0.15, -0.1) is 0 Å². The average Bonchev–Trinajstić information content (AvgIpc) is 3.05. The summed E-state index contributed by atoms with van der Waals surface area (Å²) in [5, 5.41) is 9.79. The summed E-state index contributed by atoms with van der Waals surface area (Å²) in [6.07, 6.45) is 1.83. The first-order chi connectivity index (χ1) is 13.0. The maximum atomic E-state index is 12.3. The number of para-hydroxylation sites is 1. The molecule has 140 valence electrons. The van der Waals surface area contributed by atoms with E-state index in [1.54, 1.807) is 0 Å². The van der Waals surface area contributed by atoms with Crippen molar-refractivity contribution in [1.82, 2.24) is 25.5 Å². The van der Waals surface area contributed by atoms with Crippen molar-refractivity contribution in [2.45, 2.75) is 32.9 Å². The minimum absolute atomic E-state index is 0.0384. The Morgan fingerprint density at radius 3 is 2.74 bits per heavy atom. The van der Waals surface area contributed by atoms with Crippen molar-refractivity contribution in [2.75, 3.05) is 0 Å². The highest BCUT2D eigenvalue weighted by Gasteiger charge is 2.15. The number of H-pyrrole nitrogens is 2. The number of ether oxygens (including phenoxy) is 1. The third-order valence-electron chi connectivity index (χ3n) is 3.87. The van der Waals surface area contributed by atoms with Crippen LogP contribution in [-0.4, -0.2) is 32.1 Å². The Labute approximate surface area is 156 Å². The molecule has 8 heteroatoms. The van der Waals surface area contributed by atoms with Crippen molar-refractivity contribution in [2.24, 2.45) is 0 Å². The highest BCUT2D eigenvalue weighted by molar-refractivity contribution is 5.93. The van der Waals surface area contributed by atoms with Gasteiger partial charge in [0, 0.05) is 24.4 Å². The zero-order chi connectivity index (χ0) is 19.2. The number of nitrogens with zero attached hydrogens (tertiary/aromatic N) is 2. The second-order valence-corrected chi connectivity index (χ2v) is 6.30. The number of carbonyl (C=O) groups is 1. The summed E-state index contributed by atoms with van der Waals surface area (Å²) in [6, 6.07) is 10.9. The fraction of sp³-hybridized carbons (Fsp3) is 0.263. The summed E-state index contributed by atoms with van der Waals surface area (Å²) in [6.45, 7) is 3.87. The Bertz CT molecular complexity index is 965. The molecular formula is C19H21N5O3. The highest BCUT2D eigenvalue weighted by atomic mass is 16.5. The Hall–Kier alpha value is -3.42. The standard InChI is InChI=1S/C19H21N5O3/c1-12(8-14-9-13(2)23-24-14)21-18(25)16-10-20-17(22-19(16)26)11-27-15-6-4-3-5-7-15/h3-7,9-10,12H,8,11H2,1-2H3,(H,21,25)(H,23,24)(H,20,22,26)/t12-/m1/s1. The van der Waals surface area contributed by atoms with E-state index in [4.69, 9.17) is 4.74 Å². The Kier molecular flexibility index (Phi) is 5.65. The number of carbonyl (C=O) groups excluding carboxylic acids is 1. The van der Waals surface area contributed by atoms with Crippen LogP contribution in [0.15, 0.2) is 47.4 Å². The van der Waals surface area contributed by atoms with Gasteiger partial charge in [0.25, 0.3) is 11.5 Å². The van der Waals surface area contributed by atoms with Gasteiger partial charge < -0.3 is 15.0 Å². The normalized spacial score (nSPS) is 11.8. The van der Waals surface area contributed by atoms with E-state index >= 15 is 0 Å². The number of aromatic amines is 2. The van der Waals surface area contributed by atoms with Gasteiger partial charge in [-0.2, -0.15) is 5.10 Å². The van der Waals surface area contributed by atoms with Crippen LogP contribution >= 0.6 is 0 Å². The second-order valence-electron chi connectivity index (χ2n) is 6.30. The molecule has 0 spiro atoms. The molecule has 3 aromatic rings. The molecule has 8 nitrogen and oxygen atoms in total. The molecule has 2 aromatic heterocycles. The quantitative estimate of drug-likeness (QED) is 0.589. The number of rotatable bonds is 7. The van der Waals surface area contributed by atoms with Gasteiger partial charge in [0.1, 0.15) is 23.7 Å². The smallest absolute Gasteiger partial charge is 0.263 e. The van der Waals surface area contributed by atoms with Gasteiger partial charge >= 0.3 is 0 Å². The third kappa shape index (κ3) is 5.04. The van der Waals surface area contributed by atoms with Crippen LogP contribution < -0.4 is 15.6 Å². The average molecular weight is 367 g/mol. The molecule has 0 saturated heterocycles. The van der Waals surface area contributed by atoms with Gasteiger partial charge in [-0.1, -0.05) is 18.2 Å². The van der Waals surface area contributed by atoms with Gasteiger partial charge in [-0.25, -0.2) is 4.98 Å². The van der Waals surface area contributed by atoms with Crippen LogP contribution in [0.3, 0.4) is 0 Å². The molecule has 0 aliphatic rings. The zero-order valence-corrected chi connectivity index (χ0v) is 15.2. The summed E-state index contributed by atoms with van der Waals surface area (Å²) in [4.78, 5) is 31.2. The van der Waals surface area contributed by atoms with Crippen molar-refractivity contribution >= 4 is 5.91 Å². The maximum absolute atomic E-state index is 12.3. The minimum Gasteiger partial charge on any atom is -0.486 e. The van der Waals surface area contributed by atoms with E-state index in [0.29, 0.717) is 18.0 Å². The summed E-state index contributed by atoms with van der Waals surface area (Å²) in [7, 11) is 0. The van der Waals surface area contributed by atoms with Crippen LogP contribution in [0, 0.1) is 6.92 Å². The molecule has 1 amide bonds. The number of aromatic nitrogens is 4. The van der Waals surface area contributed by atoms with Gasteiger partial charge in [0.05, 0.1) is 5.69 Å². The topological polar surface area (TPSA) is 113 Å². The predicted molar refractivity (Wildman–Crippen MR) is 99.6 cm³/mol. The van der Waals surface area contributed by atoms with Crippen molar-refractivity contribution in [3.63, 3.8) is 0 Å². The number of aryl methyl sites for hydroxylation is 1. The molecule has 27 heavy (non-hydrogen) atoms. The molecule has 0 radical (unpaired) electrons. The lowest BCUT2D eigenvalue weighted by Crippen LogP contribution is -2.37. The molecule has 0 bridgehead atoms. The van der Waals surface area contributed by atoms with Crippen LogP contribution in [0.2, 0.25) is 0 Å². The molecular weight excluding hydrogens is 346 g/mol. The molecule has 1 atom stereocenters. The first-order valence-corrected chi connectivity index (χ1v) is 8.59. The van der Waals surface area contributed by atoms with Gasteiger partial charge in [-0.05, 0) is 32.0 Å². The Balaban J connectivity index is 1.59. The van der Waals surface area contributed by atoms with Crippen LogP contribution in [0.1, 0.15) is 34.5 Å². The lowest BCUT2D eigenvalue weighted by atomic mass is 10.1. The first-order valence-electron chi connectivity index (χ1n) is 8.59. The lowest BCUT2D eigenvalue weighted by Gasteiger charge is -2.12. The van der Waals surface area contributed by atoms with Crippen LogP contribution in [0.4, 0.5) is 0 Å². The highest BCUT2D eigenvalue weighted by Crippen LogP contribution is 2.09. The number of hydrogen-bond donors (Lipinski definition) is 3. The van der Waals surface area contributed by atoms with E-state index in [1.165, 1.54) is 6.20 Å². The van der Waals surface area contributed by atoms with Crippen LogP contribution in [-0.2, 0) is 13.0 Å². The number of nitrogens with one attached hydrogen (secondary N) is 3. The molecule has 0 unspecified atom stereocenters. The SMILES string of the molecule is Cc1cc(C[C@@H](C)NC(=O)c2cnc(COc3ccccc3)[nH]c2=O)n[nH]1. The fourth-order valence-electron chi connectivity index (χ4n) is 2.58. The molecule has 0 aliphatic heterocycles. The van der Waals surface area contributed by atoms with Crippen LogP contribution in [0.25, 0.3) is 0 Å². The predicted octanol–water partition coefficient (Wildman–Crippen LogP) is 1.74. The van der Waals surface area contributed by atoms with E-state index in [2.05, 4.69) is 25.5 Å². The van der Waals surface area contributed by atoms with E-state index in [-0.39, 0.29) is 18.2 Å². The van der Waals surface area contributed by atoms with Crippen LogP contribution in [0.5, 0.6) is 5.75 Å². The molecule has 0 fully saturated rings. The second kappa shape index (κ2) is 8.31. The summed E-state index contributed by atoms with van der Waals surface area (Å²) < 4.78 is 5.54. The fourth-order valence-corrected chi connectivity index (χ4v) is 2.58. The van der Waals surface area contributed by atoms with E-state index in [0.717, 1.165) is 11.4 Å². The molecule has 3 rings (SSSR count). The number of hydrogen-bond acceptors (Lipinski definition) is 5. The maximum Gasteiger partial charge on any atom is 0.263 e. The summed E-state index contributed by atoms with van der Waals surface area (Å²) >= 11 is 0. The third-order valence-corrected chi connectivity index (χ3v) is 3.87. The zero-order valence-electron chi connectivity index (χ0n) is 15.2. The Morgan fingerprint density at radius 2 is 2.07 bits per heavy atom. The summed E-state index contributed by atoms with van der Waals surface area (Å²) in [5.74, 6) is 0.545.